The summed E-state index contributed by atoms with van der Waals surface area (Å²) in [5.74, 6) is -1.32. The van der Waals surface area contributed by atoms with Crippen LogP contribution < -0.4 is 5.32 Å². The number of carbonyl (C=O) groups is 1. The lowest BCUT2D eigenvalue weighted by molar-refractivity contribution is -0.138. The first-order valence-electron chi connectivity index (χ1n) is 8.78. The highest BCUT2D eigenvalue weighted by Gasteiger charge is 2.34. The lowest BCUT2D eigenvalue weighted by Crippen LogP contribution is -2.39. The zero-order chi connectivity index (χ0) is 19.4. The third kappa shape index (κ3) is 4.66. The van der Waals surface area contributed by atoms with Crippen molar-refractivity contribution in [2.45, 2.75) is 31.6 Å². The molecule has 1 aliphatic rings. The van der Waals surface area contributed by atoms with Gasteiger partial charge in [-0.2, -0.15) is 13.2 Å². The summed E-state index contributed by atoms with van der Waals surface area (Å²) < 4.78 is 52.6. The highest BCUT2D eigenvalue weighted by atomic mass is 19.4. The molecule has 1 aliphatic heterocycles. The lowest BCUT2D eigenvalue weighted by Gasteiger charge is -2.27. The van der Waals surface area contributed by atoms with E-state index in [1.54, 1.807) is 0 Å². The minimum absolute atomic E-state index is 0.162. The maximum atomic E-state index is 13.2. The van der Waals surface area contributed by atoms with Crippen LogP contribution in [0.5, 0.6) is 0 Å². The molecule has 0 aromatic heterocycles. The number of halogens is 4. The van der Waals surface area contributed by atoms with E-state index >= 15 is 0 Å². The monoisotopic (exact) mass is 380 g/mol. The van der Waals surface area contributed by atoms with Gasteiger partial charge < -0.3 is 5.32 Å². The van der Waals surface area contributed by atoms with Crippen LogP contribution in [0.4, 0.5) is 17.6 Å². The van der Waals surface area contributed by atoms with Crippen LogP contribution in [0.15, 0.2) is 48.5 Å². The van der Waals surface area contributed by atoms with E-state index in [1.165, 1.54) is 0 Å². The molecular formula is C20H20F4N2O. The summed E-state index contributed by atoms with van der Waals surface area (Å²) >= 11 is 0. The number of amides is 1. The second-order valence-corrected chi connectivity index (χ2v) is 6.57. The molecule has 1 N–H and O–H groups in total. The van der Waals surface area contributed by atoms with Crippen LogP contribution in [0.3, 0.4) is 0 Å². The van der Waals surface area contributed by atoms with Gasteiger partial charge in [0.25, 0.3) is 0 Å². The summed E-state index contributed by atoms with van der Waals surface area (Å²) in [4.78, 5) is 14.9. The number of alkyl halides is 3. The number of likely N-dealkylation sites (tertiary alicyclic amines) is 1. The third-order valence-electron chi connectivity index (χ3n) is 4.70. The molecule has 0 bridgehead atoms. The van der Waals surface area contributed by atoms with Crippen LogP contribution in [0.1, 0.15) is 35.6 Å². The fourth-order valence-corrected chi connectivity index (χ4v) is 3.41. The SMILES string of the molecule is O=C(NCc1ccc(F)cc1C(F)(F)F)C(c1ccccc1)N1CCCC1. The maximum Gasteiger partial charge on any atom is 0.416 e. The summed E-state index contributed by atoms with van der Waals surface area (Å²) in [7, 11) is 0. The van der Waals surface area contributed by atoms with Gasteiger partial charge in [-0.1, -0.05) is 36.4 Å². The van der Waals surface area contributed by atoms with E-state index in [-0.39, 0.29) is 18.0 Å². The fraction of sp³-hybridized carbons (Fsp3) is 0.350. The quantitative estimate of drug-likeness (QED) is 0.785. The van der Waals surface area contributed by atoms with Gasteiger partial charge in [0.05, 0.1) is 5.56 Å². The Morgan fingerprint density at radius 2 is 1.74 bits per heavy atom. The average molecular weight is 380 g/mol. The van der Waals surface area contributed by atoms with Gasteiger partial charge in [0.1, 0.15) is 11.9 Å². The van der Waals surface area contributed by atoms with E-state index in [1.807, 2.05) is 35.2 Å². The molecule has 0 saturated carbocycles. The molecule has 7 heteroatoms. The van der Waals surface area contributed by atoms with Gasteiger partial charge in [-0.15, -0.1) is 0 Å². The third-order valence-corrected chi connectivity index (χ3v) is 4.70. The molecule has 3 rings (SSSR count). The largest absolute Gasteiger partial charge is 0.416 e. The zero-order valence-electron chi connectivity index (χ0n) is 14.6. The number of hydrogen-bond donors (Lipinski definition) is 1. The normalized spacial score (nSPS) is 16.3. The van der Waals surface area contributed by atoms with Crippen molar-refractivity contribution in [3.8, 4) is 0 Å². The standard InChI is InChI=1S/C20H20F4N2O/c21-16-9-8-15(17(12-16)20(22,23)24)13-25-19(27)18(26-10-4-5-11-26)14-6-2-1-3-7-14/h1-3,6-9,12,18H,4-5,10-11,13H2,(H,25,27). The summed E-state index contributed by atoms with van der Waals surface area (Å²) in [6.07, 6.45) is -2.73. The average Bonchev–Trinajstić information content (AvgIpc) is 3.15. The van der Waals surface area contributed by atoms with E-state index in [2.05, 4.69) is 5.32 Å². The van der Waals surface area contributed by atoms with E-state index < -0.39 is 23.6 Å². The van der Waals surface area contributed by atoms with Crippen LogP contribution in [0, 0.1) is 5.82 Å². The minimum atomic E-state index is -4.68. The van der Waals surface area contributed by atoms with Crippen molar-refractivity contribution in [3.63, 3.8) is 0 Å². The summed E-state index contributed by atoms with van der Waals surface area (Å²) in [5, 5.41) is 2.60. The molecule has 0 spiro atoms. The molecule has 0 aliphatic carbocycles. The number of nitrogens with zero attached hydrogens (tertiary/aromatic N) is 1. The van der Waals surface area contributed by atoms with Gasteiger partial charge >= 0.3 is 6.18 Å². The van der Waals surface area contributed by atoms with Crippen molar-refractivity contribution in [2.75, 3.05) is 13.1 Å². The Morgan fingerprint density at radius 3 is 2.37 bits per heavy atom. The Labute approximate surface area is 155 Å². The molecule has 1 amide bonds. The van der Waals surface area contributed by atoms with Gasteiger partial charge in [-0.25, -0.2) is 4.39 Å². The Balaban J connectivity index is 1.79. The van der Waals surface area contributed by atoms with Crippen molar-refractivity contribution in [3.05, 3.63) is 71.0 Å². The second kappa shape index (κ2) is 8.08. The van der Waals surface area contributed by atoms with Crippen molar-refractivity contribution >= 4 is 5.91 Å². The first-order chi connectivity index (χ1) is 12.9. The number of nitrogens with one attached hydrogen (secondary N) is 1. The molecular weight excluding hydrogens is 360 g/mol. The Bertz CT molecular complexity index is 786. The zero-order valence-corrected chi connectivity index (χ0v) is 14.6. The summed E-state index contributed by atoms with van der Waals surface area (Å²) in [6.45, 7) is 1.21. The predicted molar refractivity (Wildman–Crippen MR) is 93.2 cm³/mol. The molecule has 1 fully saturated rings. The van der Waals surface area contributed by atoms with Gasteiger partial charge in [-0.3, -0.25) is 9.69 Å². The molecule has 2 aromatic rings. The van der Waals surface area contributed by atoms with Crippen LogP contribution in [-0.4, -0.2) is 23.9 Å². The lowest BCUT2D eigenvalue weighted by atomic mass is 10.0. The first-order valence-corrected chi connectivity index (χ1v) is 8.78. The highest BCUT2D eigenvalue weighted by Crippen LogP contribution is 2.33. The Hall–Kier alpha value is -2.41. The molecule has 0 radical (unpaired) electrons. The van der Waals surface area contributed by atoms with Crippen LogP contribution in [0.2, 0.25) is 0 Å². The summed E-state index contributed by atoms with van der Waals surface area (Å²) in [5.41, 5.74) is -0.433. The van der Waals surface area contributed by atoms with Gasteiger partial charge in [0, 0.05) is 6.54 Å². The number of rotatable bonds is 5. The molecule has 1 unspecified atom stereocenters. The van der Waals surface area contributed by atoms with Crippen LogP contribution in [0.25, 0.3) is 0 Å². The van der Waals surface area contributed by atoms with Crippen LogP contribution >= 0.6 is 0 Å². The molecule has 3 nitrogen and oxygen atoms in total. The Morgan fingerprint density at radius 1 is 1.07 bits per heavy atom. The minimum Gasteiger partial charge on any atom is -0.350 e. The topological polar surface area (TPSA) is 32.3 Å². The highest BCUT2D eigenvalue weighted by molar-refractivity contribution is 5.83. The second-order valence-electron chi connectivity index (χ2n) is 6.57. The van der Waals surface area contributed by atoms with E-state index in [4.69, 9.17) is 0 Å². The van der Waals surface area contributed by atoms with E-state index in [0.717, 1.165) is 43.6 Å². The molecule has 27 heavy (non-hydrogen) atoms. The summed E-state index contributed by atoms with van der Waals surface area (Å²) in [6, 6.07) is 11.1. The first kappa shape index (κ1) is 19.4. The molecule has 1 atom stereocenters. The maximum absolute atomic E-state index is 13.2. The van der Waals surface area contributed by atoms with Crippen LogP contribution in [-0.2, 0) is 17.5 Å². The number of carbonyl (C=O) groups excluding carboxylic acids is 1. The van der Waals surface area contributed by atoms with Gasteiger partial charge in [-0.05, 0) is 49.2 Å². The fourth-order valence-electron chi connectivity index (χ4n) is 3.41. The molecule has 1 saturated heterocycles. The van der Waals surface area contributed by atoms with Crippen molar-refractivity contribution in [1.29, 1.82) is 0 Å². The number of benzene rings is 2. The molecule has 1 heterocycles. The molecule has 2 aromatic carbocycles. The van der Waals surface area contributed by atoms with Gasteiger partial charge in [0.15, 0.2) is 0 Å². The van der Waals surface area contributed by atoms with Crippen molar-refractivity contribution in [1.82, 2.24) is 10.2 Å². The predicted octanol–water partition coefficient (Wildman–Crippen LogP) is 4.30. The van der Waals surface area contributed by atoms with Gasteiger partial charge in [0.2, 0.25) is 5.91 Å². The van der Waals surface area contributed by atoms with Crippen molar-refractivity contribution < 1.29 is 22.4 Å². The smallest absolute Gasteiger partial charge is 0.350 e. The molecule has 144 valence electrons. The van der Waals surface area contributed by atoms with Crippen molar-refractivity contribution in [2.24, 2.45) is 0 Å². The van der Waals surface area contributed by atoms with E-state index in [9.17, 15) is 22.4 Å². The van der Waals surface area contributed by atoms with E-state index in [0.29, 0.717) is 6.07 Å². The Kier molecular flexibility index (Phi) is 5.79. The number of hydrogen-bond acceptors (Lipinski definition) is 2.